The summed E-state index contributed by atoms with van der Waals surface area (Å²) in [7, 11) is 0. The van der Waals surface area contributed by atoms with Crippen LogP contribution in [0.25, 0.3) is 11.4 Å². The average Bonchev–Trinajstić information content (AvgIpc) is 3.19. The number of halogens is 1. The molecule has 0 spiro atoms. The number of anilines is 1. The van der Waals surface area contributed by atoms with E-state index in [0.717, 1.165) is 48.0 Å². The van der Waals surface area contributed by atoms with Gasteiger partial charge in [0.2, 0.25) is 5.13 Å². The fourth-order valence-electron chi connectivity index (χ4n) is 3.39. The highest BCUT2D eigenvalue weighted by molar-refractivity contribution is 7.09. The molecular formula is C20H20ClN3OS. The summed E-state index contributed by atoms with van der Waals surface area (Å²) in [6.45, 7) is 1.78. The normalized spacial score (nSPS) is 16.6. The zero-order valence-corrected chi connectivity index (χ0v) is 15.8. The Morgan fingerprint density at radius 3 is 2.42 bits per heavy atom. The van der Waals surface area contributed by atoms with Crippen LogP contribution < -0.4 is 4.90 Å². The van der Waals surface area contributed by atoms with Gasteiger partial charge in [0.15, 0.2) is 5.82 Å². The van der Waals surface area contributed by atoms with Crippen molar-refractivity contribution < 1.29 is 5.11 Å². The SMILES string of the molecule is OC(c1ccc(Cl)cc1)C1CCN(c2nc(-c3ccccc3)ns2)CC1. The average molecular weight is 386 g/mol. The number of nitrogens with zero attached hydrogens (tertiary/aromatic N) is 3. The Morgan fingerprint density at radius 2 is 1.73 bits per heavy atom. The summed E-state index contributed by atoms with van der Waals surface area (Å²) in [6, 6.07) is 17.5. The fraction of sp³-hybridized carbons (Fsp3) is 0.300. The number of piperidine rings is 1. The van der Waals surface area contributed by atoms with Gasteiger partial charge < -0.3 is 10.0 Å². The summed E-state index contributed by atoms with van der Waals surface area (Å²) in [5.41, 5.74) is 1.98. The van der Waals surface area contributed by atoms with Crippen molar-refractivity contribution in [1.29, 1.82) is 0 Å². The van der Waals surface area contributed by atoms with E-state index < -0.39 is 6.10 Å². The van der Waals surface area contributed by atoms with Gasteiger partial charge in [0.25, 0.3) is 0 Å². The van der Waals surface area contributed by atoms with E-state index in [1.165, 1.54) is 11.5 Å². The number of hydrogen-bond acceptors (Lipinski definition) is 5. The van der Waals surface area contributed by atoms with E-state index in [9.17, 15) is 5.11 Å². The van der Waals surface area contributed by atoms with Gasteiger partial charge in [-0.3, -0.25) is 0 Å². The third-order valence-corrected chi connectivity index (χ3v) is 5.94. The maximum Gasteiger partial charge on any atom is 0.205 e. The predicted molar refractivity (Wildman–Crippen MR) is 107 cm³/mol. The van der Waals surface area contributed by atoms with Crippen molar-refractivity contribution in [2.75, 3.05) is 18.0 Å². The second-order valence-corrected chi connectivity index (χ2v) is 7.75. The van der Waals surface area contributed by atoms with Gasteiger partial charge in [-0.1, -0.05) is 54.1 Å². The van der Waals surface area contributed by atoms with Crippen molar-refractivity contribution >= 4 is 28.3 Å². The van der Waals surface area contributed by atoms with Gasteiger partial charge in [-0.25, -0.2) is 0 Å². The first-order valence-electron chi connectivity index (χ1n) is 8.78. The number of aliphatic hydroxyl groups is 1. The smallest absolute Gasteiger partial charge is 0.205 e. The Labute approximate surface area is 162 Å². The van der Waals surface area contributed by atoms with Crippen LogP contribution in [-0.4, -0.2) is 27.6 Å². The molecule has 4 nitrogen and oxygen atoms in total. The minimum absolute atomic E-state index is 0.258. The molecule has 1 aliphatic rings. The Morgan fingerprint density at radius 1 is 1.04 bits per heavy atom. The van der Waals surface area contributed by atoms with Crippen LogP contribution in [0.3, 0.4) is 0 Å². The topological polar surface area (TPSA) is 49.2 Å². The van der Waals surface area contributed by atoms with Gasteiger partial charge in [-0.15, -0.1) is 0 Å². The Balaban J connectivity index is 1.39. The molecule has 1 aliphatic heterocycles. The number of aliphatic hydroxyl groups excluding tert-OH is 1. The van der Waals surface area contributed by atoms with Crippen molar-refractivity contribution in [2.45, 2.75) is 18.9 Å². The molecule has 2 aromatic carbocycles. The maximum absolute atomic E-state index is 10.7. The summed E-state index contributed by atoms with van der Waals surface area (Å²) >= 11 is 7.38. The number of benzene rings is 2. The van der Waals surface area contributed by atoms with Crippen LogP contribution in [0.2, 0.25) is 5.02 Å². The van der Waals surface area contributed by atoms with Crippen molar-refractivity contribution in [1.82, 2.24) is 9.36 Å². The lowest BCUT2D eigenvalue weighted by Crippen LogP contribution is -2.35. The van der Waals surface area contributed by atoms with Crippen molar-refractivity contribution in [2.24, 2.45) is 5.92 Å². The quantitative estimate of drug-likeness (QED) is 0.700. The molecule has 26 heavy (non-hydrogen) atoms. The monoisotopic (exact) mass is 385 g/mol. The van der Waals surface area contributed by atoms with E-state index in [1.807, 2.05) is 54.6 Å². The van der Waals surface area contributed by atoms with E-state index in [2.05, 4.69) is 9.27 Å². The molecule has 1 unspecified atom stereocenters. The fourth-order valence-corrected chi connectivity index (χ4v) is 4.25. The Bertz CT molecular complexity index is 845. The highest BCUT2D eigenvalue weighted by Crippen LogP contribution is 2.34. The van der Waals surface area contributed by atoms with Gasteiger partial charge in [0, 0.05) is 35.2 Å². The largest absolute Gasteiger partial charge is 0.388 e. The molecule has 2 heterocycles. The summed E-state index contributed by atoms with van der Waals surface area (Å²) in [5, 5.41) is 12.3. The minimum atomic E-state index is -0.441. The summed E-state index contributed by atoms with van der Waals surface area (Å²) < 4.78 is 4.50. The molecular weight excluding hydrogens is 366 g/mol. The molecule has 0 bridgehead atoms. The lowest BCUT2D eigenvalue weighted by molar-refractivity contribution is 0.0930. The van der Waals surface area contributed by atoms with Crippen molar-refractivity contribution in [3.05, 3.63) is 65.2 Å². The second kappa shape index (κ2) is 7.74. The van der Waals surface area contributed by atoms with E-state index in [1.54, 1.807) is 0 Å². The van der Waals surface area contributed by atoms with Crippen LogP contribution in [0.1, 0.15) is 24.5 Å². The maximum atomic E-state index is 10.7. The first kappa shape index (κ1) is 17.5. The number of aromatic nitrogens is 2. The second-order valence-electron chi connectivity index (χ2n) is 6.59. The van der Waals surface area contributed by atoms with Gasteiger partial charge in [0.1, 0.15) is 0 Å². The van der Waals surface area contributed by atoms with Crippen molar-refractivity contribution in [3.63, 3.8) is 0 Å². The van der Waals surface area contributed by atoms with E-state index in [0.29, 0.717) is 5.02 Å². The van der Waals surface area contributed by atoms with Gasteiger partial charge >= 0.3 is 0 Å². The summed E-state index contributed by atoms with van der Waals surface area (Å²) in [4.78, 5) is 6.97. The number of rotatable bonds is 4. The molecule has 0 aliphatic carbocycles. The Hall–Kier alpha value is -1.95. The lowest BCUT2D eigenvalue weighted by atomic mass is 9.87. The van der Waals surface area contributed by atoms with Crippen LogP contribution in [0.5, 0.6) is 0 Å². The van der Waals surface area contributed by atoms with Crippen molar-refractivity contribution in [3.8, 4) is 11.4 Å². The molecule has 1 aromatic heterocycles. The standard InChI is InChI=1S/C20H20ClN3OS/c21-17-8-6-14(7-9-17)18(25)15-10-12-24(13-11-15)20-22-19(23-26-20)16-4-2-1-3-5-16/h1-9,15,18,25H,10-13H2. The molecule has 1 N–H and O–H groups in total. The van der Waals surface area contributed by atoms with Crippen LogP contribution in [0.4, 0.5) is 5.13 Å². The predicted octanol–water partition coefficient (Wildman–Crippen LogP) is 4.81. The molecule has 0 radical (unpaired) electrons. The highest BCUT2D eigenvalue weighted by atomic mass is 35.5. The molecule has 6 heteroatoms. The third kappa shape index (κ3) is 3.75. The summed E-state index contributed by atoms with van der Waals surface area (Å²) in [5.74, 6) is 1.04. The molecule has 1 saturated heterocycles. The minimum Gasteiger partial charge on any atom is -0.388 e. The zero-order chi connectivity index (χ0) is 17.9. The number of hydrogen-bond donors (Lipinski definition) is 1. The molecule has 134 valence electrons. The first-order valence-corrected chi connectivity index (χ1v) is 9.93. The van der Waals surface area contributed by atoms with Gasteiger partial charge in [-0.2, -0.15) is 9.36 Å². The summed E-state index contributed by atoms with van der Waals surface area (Å²) in [6.07, 6.45) is 1.43. The highest BCUT2D eigenvalue weighted by Gasteiger charge is 2.27. The molecule has 0 amide bonds. The van der Waals surface area contributed by atoms with Crippen LogP contribution in [-0.2, 0) is 0 Å². The molecule has 1 atom stereocenters. The van der Waals surface area contributed by atoms with Crippen LogP contribution >= 0.6 is 23.1 Å². The van der Waals surface area contributed by atoms with Gasteiger partial charge in [0.05, 0.1) is 6.10 Å². The third-order valence-electron chi connectivity index (χ3n) is 4.92. The van der Waals surface area contributed by atoms with Crippen LogP contribution in [0.15, 0.2) is 54.6 Å². The van der Waals surface area contributed by atoms with Gasteiger partial charge in [-0.05, 0) is 36.5 Å². The molecule has 4 rings (SSSR count). The lowest BCUT2D eigenvalue weighted by Gasteiger charge is -2.34. The molecule has 3 aromatic rings. The molecule has 0 saturated carbocycles. The molecule has 1 fully saturated rings. The van der Waals surface area contributed by atoms with Crippen LogP contribution in [0, 0.1) is 5.92 Å². The van der Waals surface area contributed by atoms with E-state index >= 15 is 0 Å². The Kier molecular flexibility index (Phi) is 5.20. The van der Waals surface area contributed by atoms with E-state index in [4.69, 9.17) is 16.6 Å². The van der Waals surface area contributed by atoms with E-state index in [-0.39, 0.29) is 5.92 Å². The zero-order valence-electron chi connectivity index (χ0n) is 14.3. The first-order chi connectivity index (χ1) is 12.7.